The topological polar surface area (TPSA) is 58.7 Å². The second-order valence-corrected chi connectivity index (χ2v) is 5.37. The molecule has 0 bridgehead atoms. The molecular formula is C15H24N2O2. The Bertz CT molecular complexity index is 395. The summed E-state index contributed by atoms with van der Waals surface area (Å²) in [6.07, 6.45) is 1.88. The van der Waals surface area contributed by atoms with E-state index in [2.05, 4.69) is 4.90 Å². The van der Waals surface area contributed by atoms with Gasteiger partial charge >= 0.3 is 0 Å². The van der Waals surface area contributed by atoms with Crippen LogP contribution in [0.1, 0.15) is 24.5 Å². The Balaban J connectivity index is 1.91. The summed E-state index contributed by atoms with van der Waals surface area (Å²) in [6.45, 7) is 3.50. The molecule has 1 aliphatic rings. The average molecular weight is 264 g/mol. The molecule has 1 heterocycles. The normalized spacial score (nSPS) is 22.3. The van der Waals surface area contributed by atoms with Crippen molar-refractivity contribution < 1.29 is 9.84 Å². The lowest BCUT2D eigenvalue weighted by molar-refractivity contribution is 0.0565. The van der Waals surface area contributed by atoms with E-state index in [1.807, 2.05) is 24.3 Å². The van der Waals surface area contributed by atoms with Crippen molar-refractivity contribution in [1.29, 1.82) is 0 Å². The third-order valence-corrected chi connectivity index (χ3v) is 3.79. The number of nitrogen functional groups attached to an aromatic ring is 1. The van der Waals surface area contributed by atoms with Crippen LogP contribution in [0, 0.1) is 5.92 Å². The highest BCUT2D eigenvalue weighted by molar-refractivity contribution is 5.47. The second kappa shape index (κ2) is 6.89. The zero-order valence-electron chi connectivity index (χ0n) is 11.6. The van der Waals surface area contributed by atoms with Crippen molar-refractivity contribution in [2.75, 3.05) is 39.1 Å². The van der Waals surface area contributed by atoms with E-state index < -0.39 is 6.10 Å². The van der Waals surface area contributed by atoms with E-state index in [0.29, 0.717) is 18.2 Å². The molecule has 0 spiro atoms. The largest absolute Gasteiger partial charge is 0.398 e. The van der Waals surface area contributed by atoms with Crippen molar-refractivity contribution in [3.05, 3.63) is 29.8 Å². The number of methoxy groups -OCH3 is 1. The van der Waals surface area contributed by atoms with Crippen molar-refractivity contribution in [3.8, 4) is 0 Å². The average Bonchev–Trinajstić information content (AvgIpc) is 2.40. The van der Waals surface area contributed by atoms with Gasteiger partial charge < -0.3 is 20.5 Å². The van der Waals surface area contributed by atoms with Crippen molar-refractivity contribution in [2.24, 2.45) is 5.92 Å². The van der Waals surface area contributed by atoms with E-state index >= 15 is 0 Å². The Kier molecular flexibility index (Phi) is 5.19. The van der Waals surface area contributed by atoms with Crippen molar-refractivity contribution in [3.63, 3.8) is 0 Å². The minimum atomic E-state index is -0.512. The number of likely N-dealkylation sites (tertiary alicyclic amines) is 1. The molecule has 2 unspecified atom stereocenters. The Morgan fingerprint density at radius 2 is 2.26 bits per heavy atom. The fraction of sp³-hybridized carbons (Fsp3) is 0.600. The number of β-amino-alcohol motifs (C(OH)–C–C–N with tert-alkyl or cyclic N) is 1. The Morgan fingerprint density at radius 3 is 3.00 bits per heavy atom. The Hall–Kier alpha value is -1.10. The first-order valence-electron chi connectivity index (χ1n) is 6.94. The maximum atomic E-state index is 10.3. The van der Waals surface area contributed by atoms with E-state index in [1.54, 1.807) is 7.11 Å². The number of aliphatic hydroxyl groups excluding tert-OH is 1. The molecule has 0 radical (unpaired) electrons. The van der Waals surface area contributed by atoms with Gasteiger partial charge in [-0.3, -0.25) is 0 Å². The number of ether oxygens (including phenoxy) is 1. The quantitative estimate of drug-likeness (QED) is 0.794. The highest BCUT2D eigenvalue weighted by Gasteiger charge is 2.22. The van der Waals surface area contributed by atoms with E-state index in [1.165, 1.54) is 12.8 Å². The molecule has 0 amide bonds. The molecule has 1 aromatic carbocycles. The standard InChI is InChI=1S/C15H24N2O2/c1-19-11-12-5-4-8-17(9-12)10-15(18)13-6-2-3-7-14(13)16/h2-3,6-7,12,15,18H,4-5,8-11,16H2,1H3. The van der Waals surface area contributed by atoms with Crippen LogP contribution >= 0.6 is 0 Å². The van der Waals surface area contributed by atoms with Gasteiger partial charge in [0, 0.05) is 31.5 Å². The minimum absolute atomic E-state index is 0.512. The summed E-state index contributed by atoms with van der Waals surface area (Å²) in [7, 11) is 1.75. The molecule has 3 N–H and O–H groups in total. The maximum absolute atomic E-state index is 10.3. The predicted octanol–water partition coefficient (Wildman–Crippen LogP) is 1.66. The molecule has 4 heteroatoms. The van der Waals surface area contributed by atoms with Gasteiger partial charge in [0.25, 0.3) is 0 Å². The van der Waals surface area contributed by atoms with Crippen molar-refractivity contribution >= 4 is 5.69 Å². The lowest BCUT2D eigenvalue weighted by atomic mass is 9.98. The van der Waals surface area contributed by atoms with Gasteiger partial charge in [-0.15, -0.1) is 0 Å². The summed E-state index contributed by atoms with van der Waals surface area (Å²) in [5, 5.41) is 10.3. The molecule has 1 saturated heterocycles. The lowest BCUT2D eigenvalue weighted by Crippen LogP contribution is -2.39. The van der Waals surface area contributed by atoms with Crippen LogP contribution in [0.4, 0.5) is 5.69 Å². The number of rotatable bonds is 5. The molecule has 1 aliphatic heterocycles. The summed E-state index contributed by atoms with van der Waals surface area (Å²) >= 11 is 0. The van der Waals surface area contributed by atoms with Crippen LogP contribution in [-0.2, 0) is 4.74 Å². The van der Waals surface area contributed by atoms with E-state index in [-0.39, 0.29) is 0 Å². The van der Waals surface area contributed by atoms with Gasteiger partial charge in [0.1, 0.15) is 0 Å². The predicted molar refractivity (Wildman–Crippen MR) is 76.9 cm³/mol. The van der Waals surface area contributed by atoms with Gasteiger partial charge in [-0.2, -0.15) is 0 Å². The van der Waals surface area contributed by atoms with Gasteiger partial charge in [-0.1, -0.05) is 18.2 Å². The fourth-order valence-electron chi connectivity index (χ4n) is 2.85. The number of hydrogen-bond donors (Lipinski definition) is 2. The van der Waals surface area contributed by atoms with Gasteiger partial charge in [0.15, 0.2) is 0 Å². The van der Waals surface area contributed by atoms with Gasteiger partial charge in [-0.25, -0.2) is 0 Å². The summed E-state index contributed by atoms with van der Waals surface area (Å²) in [6, 6.07) is 7.54. The van der Waals surface area contributed by atoms with Crippen LogP contribution in [-0.4, -0.2) is 43.4 Å². The molecule has 4 nitrogen and oxygen atoms in total. The van der Waals surface area contributed by atoms with Gasteiger partial charge in [0.05, 0.1) is 12.7 Å². The summed E-state index contributed by atoms with van der Waals surface area (Å²) in [5.74, 6) is 0.582. The highest BCUT2D eigenvalue weighted by atomic mass is 16.5. The zero-order valence-corrected chi connectivity index (χ0v) is 11.6. The van der Waals surface area contributed by atoms with E-state index in [0.717, 1.165) is 25.3 Å². The van der Waals surface area contributed by atoms with Crippen LogP contribution in [0.25, 0.3) is 0 Å². The Labute approximate surface area is 115 Å². The van der Waals surface area contributed by atoms with Crippen LogP contribution < -0.4 is 5.73 Å². The number of nitrogens with two attached hydrogens (primary N) is 1. The lowest BCUT2D eigenvalue weighted by Gasteiger charge is -2.33. The third kappa shape index (κ3) is 3.93. The molecule has 106 valence electrons. The highest BCUT2D eigenvalue weighted by Crippen LogP contribution is 2.23. The van der Waals surface area contributed by atoms with Gasteiger partial charge in [0.2, 0.25) is 0 Å². The first kappa shape index (κ1) is 14.3. The molecule has 1 fully saturated rings. The van der Waals surface area contributed by atoms with Crippen LogP contribution in [0.3, 0.4) is 0 Å². The first-order chi connectivity index (χ1) is 9.20. The number of piperidine rings is 1. The smallest absolute Gasteiger partial charge is 0.0936 e. The molecule has 19 heavy (non-hydrogen) atoms. The molecular weight excluding hydrogens is 240 g/mol. The first-order valence-corrected chi connectivity index (χ1v) is 6.94. The van der Waals surface area contributed by atoms with Gasteiger partial charge in [-0.05, 0) is 31.4 Å². The SMILES string of the molecule is COCC1CCCN(CC(O)c2ccccc2N)C1. The van der Waals surface area contributed by atoms with Crippen molar-refractivity contribution in [1.82, 2.24) is 4.90 Å². The van der Waals surface area contributed by atoms with Crippen molar-refractivity contribution in [2.45, 2.75) is 18.9 Å². The Morgan fingerprint density at radius 1 is 1.47 bits per heavy atom. The summed E-state index contributed by atoms with van der Waals surface area (Å²) < 4.78 is 5.23. The second-order valence-electron chi connectivity index (χ2n) is 5.37. The monoisotopic (exact) mass is 264 g/mol. The number of benzene rings is 1. The number of hydrogen-bond acceptors (Lipinski definition) is 4. The van der Waals surface area contributed by atoms with Crippen LogP contribution in [0.15, 0.2) is 24.3 Å². The number of aliphatic hydroxyl groups is 1. The maximum Gasteiger partial charge on any atom is 0.0936 e. The minimum Gasteiger partial charge on any atom is -0.398 e. The fourth-order valence-corrected chi connectivity index (χ4v) is 2.85. The zero-order chi connectivity index (χ0) is 13.7. The van der Waals surface area contributed by atoms with E-state index in [4.69, 9.17) is 10.5 Å². The molecule has 2 rings (SSSR count). The summed E-state index contributed by atoms with van der Waals surface area (Å²) in [5.41, 5.74) is 7.40. The number of para-hydroxylation sites is 1. The molecule has 0 aromatic heterocycles. The number of anilines is 1. The molecule has 2 atom stereocenters. The van der Waals surface area contributed by atoms with Crippen LogP contribution in [0.5, 0.6) is 0 Å². The molecule has 0 aliphatic carbocycles. The summed E-state index contributed by atoms with van der Waals surface area (Å²) in [4.78, 5) is 2.31. The van der Waals surface area contributed by atoms with E-state index in [9.17, 15) is 5.11 Å². The van der Waals surface area contributed by atoms with Crippen LogP contribution in [0.2, 0.25) is 0 Å². The molecule has 1 aromatic rings. The molecule has 0 saturated carbocycles. The third-order valence-electron chi connectivity index (χ3n) is 3.79. The number of nitrogens with zero attached hydrogens (tertiary/aromatic N) is 1.